The molecule has 2 aliphatic heterocycles. The summed E-state index contributed by atoms with van der Waals surface area (Å²) in [7, 11) is 0. The first-order chi connectivity index (χ1) is 15.8. The molecule has 4 rings (SSSR count). The van der Waals surface area contributed by atoms with E-state index in [1.54, 1.807) is 12.4 Å². The molecule has 0 spiro atoms. The zero-order valence-corrected chi connectivity index (χ0v) is 18.8. The summed E-state index contributed by atoms with van der Waals surface area (Å²) in [6, 6.07) is 16.5. The molecule has 8 nitrogen and oxygen atoms in total. The fourth-order valence-corrected chi connectivity index (χ4v) is 3.65. The highest BCUT2D eigenvalue weighted by Gasteiger charge is 2.11. The second kappa shape index (κ2) is 11.6. The molecular formula is C23H28N6O2S. The standard InChI is InChI=1S/C23H28N6O2S/c32-23(26-24-17-19-1-5-21(6-2-19)28-9-13-30-14-10-28)27-25-18-20-3-7-22(8-4-20)29-11-15-31-16-12-29/h1-8,17-18H,9-16H2,(H2,26,27,32). The van der Waals surface area contributed by atoms with Crippen LogP contribution in [-0.4, -0.2) is 70.1 Å². The Morgan fingerprint density at radius 3 is 1.44 bits per heavy atom. The normalized spacial score (nSPS) is 17.1. The Balaban J connectivity index is 1.20. The lowest BCUT2D eigenvalue weighted by Gasteiger charge is -2.28. The Kier molecular flexibility index (Phi) is 8.02. The number of hydrogen-bond acceptors (Lipinski definition) is 7. The summed E-state index contributed by atoms with van der Waals surface area (Å²) >= 11 is 5.21. The third-order valence-electron chi connectivity index (χ3n) is 5.30. The van der Waals surface area contributed by atoms with Crippen molar-refractivity contribution in [3.05, 3.63) is 59.7 Å². The average Bonchev–Trinajstić information content (AvgIpc) is 2.86. The van der Waals surface area contributed by atoms with Crippen LogP contribution in [0.15, 0.2) is 58.7 Å². The molecule has 32 heavy (non-hydrogen) atoms. The number of anilines is 2. The van der Waals surface area contributed by atoms with E-state index in [4.69, 9.17) is 21.7 Å². The molecule has 0 unspecified atom stereocenters. The van der Waals surface area contributed by atoms with E-state index in [1.807, 2.05) is 24.3 Å². The largest absolute Gasteiger partial charge is 0.378 e. The number of thiocarbonyl (C=S) groups is 1. The Bertz CT molecular complexity index is 845. The molecule has 2 aromatic carbocycles. The van der Waals surface area contributed by atoms with E-state index < -0.39 is 0 Å². The van der Waals surface area contributed by atoms with E-state index in [9.17, 15) is 0 Å². The maximum atomic E-state index is 5.40. The van der Waals surface area contributed by atoms with E-state index >= 15 is 0 Å². The highest BCUT2D eigenvalue weighted by atomic mass is 32.1. The summed E-state index contributed by atoms with van der Waals surface area (Å²) < 4.78 is 10.8. The molecule has 2 fully saturated rings. The fraction of sp³-hybridized carbons (Fsp3) is 0.348. The number of nitrogens with one attached hydrogen (secondary N) is 2. The van der Waals surface area contributed by atoms with Crippen molar-refractivity contribution in [2.75, 3.05) is 62.4 Å². The molecule has 0 saturated carbocycles. The van der Waals surface area contributed by atoms with Gasteiger partial charge in [0.2, 0.25) is 5.11 Å². The number of hydrogen-bond donors (Lipinski definition) is 2. The van der Waals surface area contributed by atoms with Crippen molar-refractivity contribution in [3.63, 3.8) is 0 Å². The van der Waals surface area contributed by atoms with Crippen molar-refractivity contribution in [2.45, 2.75) is 0 Å². The predicted octanol–water partition coefficient (Wildman–Crippen LogP) is 2.19. The maximum Gasteiger partial charge on any atom is 0.207 e. The molecule has 0 atom stereocenters. The van der Waals surface area contributed by atoms with Gasteiger partial charge >= 0.3 is 0 Å². The predicted molar refractivity (Wildman–Crippen MR) is 133 cm³/mol. The summed E-state index contributed by atoms with van der Waals surface area (Å²) in [4.78, 5) is 4.63. The van der Waals surface area contributed by atoms with Gasteiger partial charge < -0.3 is 19.3 Å². The Labute approximate surface area is 193 Å². The molecular weight excluding hydrogens is 424 g/mol. The van der Waals surface area contributed by atoms with Crippen molar-refractivity contribution >= 4 is 41.1 Å². The van der Waals surface area contributed by atoms with Gasteiger partial charge in [-0.15, -0.1) is 0 Å². The minimum atomic E-state index is 0.326. The summed E-state index contributed by atoms with van der Waals surface area (Å²) in [6.45, 7) is 6.81. The molecule has 2 N–H and O–H groups in total. The van der Waals surface area contributed by atoms with Gasteiger partial charge in [-0.25, -0.2) is 0 Å². The molecule has 0 aliphatic carbocycles. The van der Waals surface area contributed by atoms with Crippen LogP contribution in [0.4, 0.5) is 11.4 Å². The number of ether oxygens (including phenoxy) is 2. The van der Waals surface area contributed by atoms with Crippen LogP contribution in [0.1, 0.15) is 11.1 Å². The van der Waals surface area contributed by atoms with Crippen LogP contribution in [0, 0.1) is 0 Å². The van der Waals surface area contributed by atoms with E-state index in [0.29, 0.717) is 5.11 Å². The smallest absolute Gasteiger partial charge is 0.207 e. The number of benzene rings is 2. The minimum absolute atomic E-state index is 0.326. The molecule has 168 valence electrons. The van der Waals surface area contributed by atoms with Gasteiger partial charge in [0.15, 0.2) is 0 Å². The zero-order valence-electron chi connectivity index (χ0n) is 17.9. The quantitative estimate of drug-likeness (QED) is 0.395. The molecule has 0 amide bonds. The second-order valence-electron chi connectivity index (χ2n) is 7.45. The van der Waals surface area contributed by atoms with Gasteiger partial charge in [0.25, 0.3) is 0 Å². The highest BCUT2D eigenvalue weighted by Crippen LogP contribution is 2.17. The van der Waals surface area contributed by atoms with E-state index in [0.717, 1.165) is 63.7 Å². The number of hydrazone groups is 2. The average molecular weight is 453 g/mol. The fourth-order valence-electron chi connectivity index (χ4n) is 3.54. The van der Waals surface area contributed by atoms with E-state index in [1.165, 1.54) is 11.4 Å². The number of nitrogens with zero attached hydrogens (tertiary/aromatic N) is 4. The van der Waals surface area contributed by atoms with Crippen molar-refractivity contribution in [1.82, 2.24) is 10.9 Å². The van der Waals surface area contributed by atoms with Crippen LogP contribution in [0.5, 0.6) is 0 Å². The number of morpholine rings is 2. The van der Waals surface area contributed by atoms with Crippen LogP contribution in [0.25, 0.3) is 0 Å². The van der Waals surface area contributed by atoms with Crippen LogP contribution < -0.4 is 20.7 Å². The van der Waals surface area contributed by atoms with Crippen LogP contribution >= 0.6 is 12.2 Å². The van der Waals surface area contributed by atoms with Gasteiger partial charge in [-0.3, -0.25) is 10.9 Å². The third kappa shape index (κ3) is 6.49. The minimum Gasteiger partial charge on any atom is -0.378 e. The summed E-state index contributed by atoms with van der Waals surface area (Å²) in [5, 5.41) is 8.67. The third-order valence-corrected chi connectivity index (χ3v) is 5.48. The van der Waals surface area contributed by atoms with Gasteiger partial charge in [-0.05, 0) is 47.6 Å². The Hall–Kier alpha value is -3.01. The van der Waals surface area contributed by atoms with Crippen molar-refractivity contribution in [3.8, 4) is 0 Å². The van der Waals surface area contributed by atoms with Gasteiger partial charge in [0.1, 0.15) is 0 Å². The molecule has 2 saturated heterocycles. The van der Waals surface area contributed by atoms with E-state index in [2.05, 4.69) is 55.1 Å². The molecule has 0 bridgehead atoms. The van der Waals surface area contributed by atoms with Crippen LogP contribution in [-0.2, 0) is 9.47 Å². The summed E-state index contributed by atoms with van der Waals surface area (Å²) in [5.74, 6) is 0. The van der Waals surface area contributed by atoms with E-state index in [-0.39, 0.29) is 0 Å². The lowest BCUT2D eigenvalue weighted by Crippen LogP contribution is -2.36. The highest BCUT2D eigenvalue weighted by molar-refractivity contribution is 7.80. The lowest BCUT2D eigenvalue weighted by atomic mass is 10.2. The summed E-state index contributed by atoms with van der Waals surface area (Å²) in [6.07, 6.45) is 3.45. The monoisotopic (exact) mass is 452 g/mol. The van der Waals surface area contributed by atoms with Gasteiger partial charge in [-0.1, -0.05) is 24.3 Å². The van der Waals surface area contributed by atoms with Crippen molar-refractivity contribution in [1.29, 1.82) is 0 Å². The maximum absolute atomic E-state index is 5.40. The van der Waals surface area contributed by atoms with Gasteiger partial charge in [0.05, 0.1) is 38.9 Å². The lowest BCUT2D eigenvalue weighted by molar-refractivity contribution is 0.122. The summed E-state index contributed by atoms with van der Waals surface area (Å²) in [5.41, 5.74) is 9.92. The molecule has 0 radical (unpaired) electrons. The molecule has 2 aromatic rings. The van der Waals surface area contributed by atoms with Crippen LogP contribution in [0.2, 0.25) is 0 Å². The van der Waals surface area contributed by atoms with Crippen molar-refractivity contribution < 1.29 is 9.47 Å². The Morgan fingerprint density at radius 1 is 0.688 bits per heavy atom. The Morgan fingerprint density at radius 2 is 1.06 bits per heavy atom. The van der Waals surface area contributed by atoms with Gasteiger partial charge in [-0.2, -0.15) is 10.2 Å². The van der Waals surface area contributed by atoms with Crippen LogP contribution in [0.3, 0.4) is 0 Å². The zero-order chi connectivity index (χ0) is 22.0. The SMILES string of the molecule is S=C(NN=Cc1ccc(N2CCOCC2)cc1)NN=Cc1ccc(N2CCOCC2)cc1. The number of rotatable bonds is 6. The molecule has 0 aromatic heterocycles. The van der Waals surface area contributed by atoms with Crippen molar-refractivity contribution in [2.24, 2.45) is 10.2 Å². The topological polar surface area (TPSA) is 73.7 Å². The first-order valence-corrected chi connectivity index (χ1v) is 11.2. The first kappa shape index (κ1) is 22.2. The molecule has 2 aliphatic rings. The second-order valence-corrected chi connectivity index (χ2v) is 7.86. The first-order valence-electron chi connectivity index (χ1n) is 10.8. The molecule has 9 heteroatoms. The van der Waals surface area contributed by atoms with Gasteiger partial charge in [0, 0.05) is 37.6 Å². The molecule has 2 heterocycles.